The van der Waals surface area contributed by atoms with Crippen molar-refractivity contribution in [2.45, 2.75) is 25.6 Å². The molecule has 1 amide bonds. The lowest BCUT2D eigenvalue weighted by atomic mass is 10.1. The van der Waals surface area contributed by atoms with E-state index in [1.54, 1.807) is 12.4 Å². The number of nitrogens with one attached hydrogen (secondary N) is 1. The SMILES string of the molecule is C[C@@H](NC(=O)[C@@H]1CN(Cc2ccccc2)CCO1)c1cccnc1. The van der Waals surface area contributed by atoms with E-state index in [0.717, 1.165) is 18.7 Å². The predicted octanol–water partition coefficient (Wildman–Crippen LogP) is 2.16. The van der Waals surface area contributed by atoms with Gasteiger partial charge in [-0.1, -0.05) is 36.4 Å². The number of carbonyl (C=O) groups excluding carboxylic acids is 1. The summed E-state index contributed by atoms with van der Waals surface area (Å²) in [6, 6.07) is 14.0. The summed E-state index contributed by atoms with van der Waals surface area (Å²) >= 11 is 0. The molecule has 5 nitrogen and oxygen atoms in total. The van der Waals surface area contributed by atoms with E-state index in [4.69, 9.17) is 4.74 Å². The van der Waals surface area contributed by atoms with Crippen LogP contribution in [-0.4, -0.2) is 41.6 Å². The van der Waals surface area contributed by atoms with Crippen LogP contribution in [0.2, 0.25) is 0 Å². The number of morpholine rings is 1. The normalized spacial score (nSPS) is 19.6. The maximum absolute atomic E-state index is 12.5. The van der Waals surface area contributed by atoms with Crippen molar-refractivity contribution in [3.05, 3.63) is 66.0 Å². The molecule has 1 saturated heterocycles. The molecule has 5 heteroatoms. The van der Waals surface area contributed by atoms with E-state index < -0.39 is 6.10 Å². The van der Waals surface area contributed by atoms with Crippen molar-refractivity contribution in [2.75, 3.05) is 19.7 Å². The highest BCUT2D eigenvalue weighted by atomic mass is 16.5. The summed E-state index contributed by atoms with van der Waals surface area (Å²) in [6.07, 6.45) is 3.07. The fraction of sp³-hybridized carbons (Fsp3) is 0.368. The molecule has 1 aromatic heterocycles. The molecule has 0 bridgehead atoms. The molecule has 2 heterocycles. The number of benzene rings is 1. The highest BCUT2D eigenvalue weighted by Gasteiger charge is 2.27. The van der Waals surface area contributed by atoms with Crippen molar-refractivity contribution in [3.63, 3.8) is 0 Å². The molecule has 0 spiro atoms. The van der Waals surface area contributed by atoms with Gasteiger partial charge in [-0.05, 0) is 24.1 Å². The fourth-order valence-electron chi connectivity index (χ4n) is 2.87. The minimum atomic E-state index is -0.429. The third-order valence-corrected chi connectivity index (χ3v) is 4.24. The summed E-state index contributed by atoms with van der Waals surface area (Å²) in [7, 11) is 0. The summed E-state index contributed by atoms with van der Waals surface area (Å²) in [5, 5.41) is 3.02. The monoisotopic (exact) mass is 325 g/mol. The average Bonchev–Trinajstić information content (AvgIpc) is 2.63. The fourth-order valence-corrected chi connectivity index (χ4v) is 2.87. The first-order valence-corrected chi connectivity index (χ1v) is 8.30. The maximum Gasteiger partial charge on any atom is 0.250 e. The third kappa shape index (κ3) is 4.40. The summed E-state index contributed by atoms with van der Waals surface area (Å²) in [5.74, 6) is -0.0656. The zero-order valence-corrected chi connectivity index (χ0v) is 13.9. The first kappa shape index (κ1) is 16.6. The predicted molar refractivity (Wildman–Crippen MR) is 92.3 cm³/mol. The molecule has 0 aliphatic carbocycles. The van der Waals surface area contributed by atoms with Gasteiger partial charge in [-0.3, -0.25) is 14.7 Å². The van der Waals surface area contributed by atoms with Crippen LogP contribution in [0.4, 0.5) is 0 Å². The van der Waals surface area contributed by atoms with Gasteiger partial charge in [0.2, 0.25) is 0 Å². The lowest BCUT2D eigenvalue weighted by Crippen LogP contribution is -2.49. The van der Waals surface area contributed by atoms with Crippen molar-refractivity contribution in [3.8, 4) is 0 Å². The van der Waals surface area contributed by atoms with E-state index in [0.29, 0.717) is 13.2 Å². The van der Waals surface area contributed by atoms with E-state index >= 15 is 0 Å². The number of nitrogens with zero attached hydrogens (tertiary/aromatic N) is 2. The van der Waals surface area contributed by atoms with E-state index in [-0.39, 0.29) is 11.9 Å². The third-order valence-electron chi connectivity index (χ3n) is 4.24. The van der Waals surface area contributed by atoms with Crippen LogP contribution < -0.4 is 5.32 Å². The Balaban J connectivity index is 1.55. The highest BCUT2D eigenvalue weighted by Crippen LogP contribution is 2.14. The van der Waals surface area contributed by atoms with E-state index in [9.17, 15) is 4.79 Å². The molecule has 24 heavy (non-hydrogen) atoms. The second-order valence-electron chi connectivity index (χ2n) is 6.10. The molecular weight excluding hydrogens is 302 g/mol. The molecule has 1 aromatic carbocycles. The van der Waals surface area contributed by atoms with Crippen LogP contribution in [0.25, 0.3) is 0 Å². The van der Waals surface area contributed by atoms with Crippen molar-refractivity contribution in [2.24, 2.45) is 0 Å². The summed E-state index contributed by atoms with van der Waals surface area (Å²) in [6.45, 7) is 4.83. The molecule has 1 N–H and O–H groups in total. The molecule has 3 rings (SSSR count). The molecule has 1 fully saturated rings. The Bertz CT molecular complexity index is 648. The van der Waals surface area contributed by atoms with E-state index in [2.05, 4.69) is 27.3 Å². The van der Waals surface area contributed by atoms with Crippen molar-refractivity contribution in [1.29, 1.82) is 0 Å². The Hall–Kier alpha value is -2.24. The van der Waals surface area contributed by atoms with Crippen LogP contribution in [-0.2, 0) is 16.1 Å². The number of aromatic nitrogens is 1. The molecule has 1 aliphatic rings. The van der Waals surface area contributed by atoms with Crippen LogP contribution in [0.1, 0.15) is 24.1 Å². The summed E-state index contributed by atoms with van der Waals surface area (Å²) in [5.41, 5.74) is 2.24. The first-order valence-electron chi connectivity index (χ1n) is 8.30. The van der Waals surface area contributed by atoms with Crippen LogP contribution in [0.3, 0.4) is 0 Å². The Morgan fingerprint density at radius 3 is 2.92 bits per heavy atom. The number of ether oxygens (including phenoxy) is 1. The largest absolute Gasteiger partial charge is 0.366 e. The zero-order valence-electron chi connectivity index (χ0n) is 13.9. The summed E-state index contributed by atoms with van der Waals surface area (Å²) < 4.78 is 5.68. The minimum absolute atomic E-state index is 0.0656. The number of pyridine rings is 1. The van der Waals surface area contributed by atoms with Gasteiger partial charge in [-0.25, -0.2) is 0 Å². The van der Waals surface area contributed by atoms with Crippen LogP contribution in [0, 0.1) is 0 Å². The van der Waals surface area contributed by atoms with Gasteiger partial charge >= 0.3 is 0 Å². The van der Waals surface area contributed by atoms with E-state index in [1.165, 1.54) is 5.56 Å². The summed E-state index contributed by atoms with van der Waals surface area (Å²) in [4.78, 5) is 18.9. The van der Waals surface area contributed by atoms with Gasteiger partial charge in [0.25, 0.3) is 5.91 Å². The van der Waals surface area contributed by atoms with Gasteiger partial charge in [-0.2, -0.15) is 0 Å². The quantitative estimate of drug-likeness (QED) is 0.915. The standard InChI is InChI=1S/C19H23N3O2/c1-15(17-8-5-9-20-12-17)21-19(23)18-14-22(10-11-24-18)13-16-6-3-2-4-7-16/h2-9,12,15,18H,10-11,13-14H2,1H3,(H,21,23)/t15-,18+/m1/s1. The van der Waals surface area contributed by atoms with Crippen LogP contribution in [0.15, 0.2) is 54.9 Å². The number of hydrogen-bond donors (Lipinski definition) is 1. The van der Waals surface area contributed by atoms with Crippen LogP contribution in [0.5, 0.6) is 0 Å². The smallest absolute Gasteiger partial charge is 0.250 e. The van der Waals surface area contributed by atoms with Gasteiger partial charge in [0, 0.05) is 32.0 Å². The molecule has 2 atom stereocenters. The first-order chi connectivity index (χ1) is 11.7. The molecule has 2 aromatic rings. The maximum atomic E-state index is 12.5. The molecule has 126 valence electrons. The van der Waals surface area contributed by atoms with Crippen molar-refractivity contribution < 1.29 is 9.53 Å². The van der Waals surface area contributed by atoms with Gasteiger partial charge in [0.05, 0.1) is 12.6 Å². The Morgan fingerprint density at radius 2 is 2.17 bits per heavy atom. The Morgan fingerprint density at radius 1 is 1.33 bits per heavy atom. The number of rotatable bonds is 5. The molecule has 1 aliphatic heterocycles. The Kier molecular flexibility index (Phi) is 5.56. The van der Waals surface area contributed by atoms with Gasteiger partial charge in [0.1, 0.15) is 6.10 Å². The van der Waals surface area contributed by atoms with Gasteiger partial charge in [-0.15, -0.1) is 0 Å². The number of carbonyl (C=O) groups is 1. The minimum Gasteiger partial charge on any atom is -0.366 e. The number of hydrogen-bond acceptors (Lipinski definition) is 4. The molecule has 0 saturated carbocycles. The molecule has 0 unspecified atom stereocenters. The lowest BCUT2D eigenvalue weighted by molar-refractivity contribution is -0.139. The van der Waals surface area contributed by atoms with Crippen molar-refractivity contribution in [1.82, 2.24) is 15.2 Å². The second-order valence-corrected chi connectivity index (χ2v) is 6.10. The number of amides is 1. The highest BCUT2D eigenvalue weighted by molar-refractivity contribution is 5.81. The van der Waals surface area contributed by atoms with Gasteiger partial charge < -0.3 is 10.1 Å². The van der Waals surface area contributed by atoms with Gasteiger partial charge in [0.15, 0.2) is 0 Å². The van der Waals surface area contributed by atoms with Crippen LogP contribution >= 0.6 is 0 Å². The topological polar surface area (TPSA) is 54.5 Å². The Labute approximate surface area is 142 Å². The lowest BCUT2D eigenvalue weighted by Gasteiger charge is -2.32. The average molecular weight is 325 g/mol. The zero-order chi connectivity index (χ0) is 16.8. The van der Waals surface area contributed by atoms with E-state index in [1.807, 2.05) is 37.3 Å². The van der Waals surface area contributed by atoms with Crippen molar-refractivity contribution >= 4 is 5.91 Å². The molecule has 0 radical (unpaired) electrons. The second kappa shape index (κ2) is 8.04. The molecular formula is C19H23N3O2.